The van der Waals surface area contributed by atoms with Crippen molar-refractivity contribution in [2.24, 2.45) is 0 Å². The van der Waals surface area contributed by atoms with Crippen LogP contribution < -0.4 is 0 Å². The molecule has 26 heavy (non-hydrogen) atoms. The quantitative estimate of drug-likeness (QED) is 0.509. The van der Waals surface area contributed by atoms with Crippen LogP contribution in [0.15, 0.2) is 73.3 Å². The maximum Gasteiger partial charge on any atom is 0.0130 e. The number of benzene rings is 3. The van der Waals surface area contributed by atoms with E-state index in [1.165, 1.54) is 44.5 Å². The molecule has 0 saturated carbocycles. The third-order valence-electron chi connectivity index (χ3n) is 5.72. The van der Waals surface area contributed by atoms with Crippen LogP contribution in [-0.4, -0.2) is 0 Å². The van der Waals surface area contributed by atoms with E-state index in [0.717, 1.165) is 19.3 Å². The van der Waals surface area contributed by atoms with Crippen molar-refractivity contribution in [1.29, 1.82) is 0 Å². The minimum Gasteiger partial charge on any atom is -0.0946 e. The highest BCUT2D eigenvalue weighted by atomic mass is 14.3. The van der Waals surface area contributed by atoms with Crippen LogP contribution in [0.5, 0.6) is 0 Å². The zero-order valence-electron chi connectivity index (χ0n) is 15.8. The molecule has 0 amide bonds. The molecular weight excluding hydrogens is 312 g/mol. The van der Waals surface area contributed by atoms with E-state index in [1.54, 1.807) is 0 Å². The van der Waals surface area contributed by atoms with Crippen LogP contribution in [-0.2, 0) is 19.3 Å². The van der Waals surface area contributed by atoms with Gasteiger partial charge in [-0.05, 0) is 65.1 Å². The number of rotatable bonds is 4. The summed E-state index contributed by atoms with van der Waals surface area (Å²) in [4.78, 5) is 0. The topological polar surface area (TPSA) is 0 Å². The predicted molar refractivity (Wildman–Crippen MR) is 112 cm³/mol. The second-order valence-electron chi connectivity index (χ2n) is 7.49. The van der Waals surface area contributed by atoms with Crippen LogP contribution in [0.4, 0.5) is 0 Å². The number of hydrogen-bond acceptors (Lipinski definition) is 0. The van der Waals surface area contributed by atoms with Crippen LogP contribution >= 0.6 is 0 Å². The molecule has 0 radical (unpaired) electrons. The summed E-state index contributed by atoms with van der Waals surface area (Å²) in [5.74, 6) is 0.411. The Morgan fingerprint density at radius 2 is 1.65 bits per heavy atom. The van der Waals surface area contributed by atoms with Gasteiger partial charge in [-0.2, -0.15) is 0 Å². The van der Waals surface area contributed by atoms with Gasteiger partial charge in [0.1, 0.15) is 0 Å². The van der Waals surface area contributed by atoms with Crippen molar-refractivity contribution in [1.82, 2.24) is 0 Å². The second kappa shape index (κ2) is 6.96. The summed E-state index contributed by atoms with van der Waals surface area (Å²) in [5.41, 5.74) is 11.1. The van der Waals surface area contributed by atoms with E-state index in [2.05, 4.69) is 87.2 Å². The van der Waals surface area contributed by atoms with E-state index >= 15 is 0 Å². The normalized spacial score (nSPS) is 15.9. The summed E-state index contributed by atoms with van der Waals surface area (Å²) in [6.45, 7) is 8.81. The van der Waals surface area contributed by atoms with Gasteiger partial charge in [0, 0.05) is 5.92 Å². The SMILES string of the molecule is C=C1c2cccc(Cc3cccc(CC)c3)c2CC1c1ccc(C)cc1. The summed E-state index contributed by atoms with van der Waals surface area (Å²) in [6.07, 6.45) is 3.17. The molecule has 0 nitrogen and oxygen atoms in total. The van der Waals surface area contributed by atoms with Gasteiger partial charge in [0.05, 0.1) is 0 Å². The van der Waals surface area contributed by atoms with E-state index in [4.69, 9.17) is 0 Å². The van der Waals surface area contributed by atoms with Gasteiger partial charge in [0.25, 0.3) is 0 Å². The fraction of sp³-hybridized carbons (Fsp3) is 0.231. The summed E-state index contributed by atoms with van der Waals surface area (Å²) in [5, 5.41) is 0. The third kappa shape index (κ3) is 3.12. The Balaban J connectivity index is 1.66. The van der Waals surface area contributed by atoms with Gasteiger partial charge in [-0.25, -0.2) is 0 Å². The van der Waals surface area contributed by atoms with Crippen LogP contribution in [0, 0.1) is 6.92 Å². The van der Waals surface area contributed by atoms with E-state index < -0.39 is 0 Å². The number of allylic oxidation sites excluding steroid dienone is 1. The van der Waals surface area contributed by atoms with Crippen molar-refractivity contribution in [2.45, 2.75) is 39.0 Å². The van der Waals surface area contributed by atoms with Gasteiger partial charge in [-0.1, -0.05) is 85.8 Å². The first-order valence-corrected chi connectivity index (χ1v) is 9.60. The number of aryl methyl sites for hydroxylation is 2. The highest BCUT2D eigenvalue weighted by Crippen LogP contribution is 2.43. The standard InChI is InChI=1S/C26H26/c1-4-20-7-5-8-21(15-20)16-23-9-6-10-24-19(3)25(17-26(23)24)22-13-11-18(2)12-14-22/h5-15,25H,3-4,16-17H2,1-2H3. The average Bonchev–Trinajstić information content (AvgIpc) is 3.01. The number of fused-ring (bicyclic) bond motifs is 1. The maximum atomic E-state index is 4.45. The lowest BCUT2D eigenvalue weighted by molar-refractivity contribution is 0.888. The van der Waals surface area contributed by atoms with Crippen LogP contribution in [0.3, 0.4) is 0 Å². The molecule has 1 unspecified atom stereocenters. The van der Waals surface area contributed by atoms with Crippen molar-refractivity contribution >= 4 is 5.57 Å². The number of hydrogen-bond donors (Lipinski definition) is 0. The molecule has 1 aliphatic carbocycles. The third-order valence-corrected chi connectivity index (χ3v) is 5.72. The Bertz CT molecular complexity index is 944. The molecule has 0 heteroatoms. The van der Waals surface area contributed by atoms with Crippen molar-refractivity contribution in [3.63, 3.8) is 0 Å². The Morgan fingerprint density at radius 1 is 0.923 bits per heavy atom. The molecular formula is C26H26. The van der Waals surface area contributed by atoms with Gasteiger partial charge in [0.15, 0.2) is 0 Å². The second-order valence-corrected chi connectivity index (χ2v) is 7.49. The molecule has 4 rings (SSSR count). The molecule has 3 aromatic carbocycles. The first kappa shape index (κ1) is 16.8. The summed E-state index contributed by atoms with van der Waals surface area (Å²) in [7, 11) is 0. The minimum atomic E-state index is 0.411. The van der Waals surface area contributed by atoms with E-state index in [1.807, 2.05) is 0 Å². The molecule has 0 saturated heterocycles. The molecule has 0 bridgehead atoms. The van der Waals surface area contributed by atoms with E-state index in [0.29, 0.717) is 5.92 Å². The van der Waals surface area contributed by atoms with E-state index in [-0.39, 0.29) is 0 Å². The smallest absolute Gasteiger partial charge is 0.0130 e. The molecule has 0 N–H and O–H groups in total. The van der Waals surface area contributed by atoms with Gasteiger partial charge in [-0.15, -0.1) is 0 Å². The van der Waals surface area contributed by atoms with Gasteiger partial charge >= 0.3 is 0 Å². The lowest BCUT2D eigenvalue weighted by atomic mass is 9.92. The molecule has 0 heterocycles. The largest absolute Gasteiger partial charge is 0.0946 e. The maximum absolute atomic E-state index is 4.45. The summed E-state index contributed by atoms with van der Waals surface area (Å²) in [6, 6.07) is 24.7. The zero-order chi connectivity index (χ0) is 18.1. The lowest BCUT2D eigenvalue weighted by Gasteiger charge is -2.12. The van der Waals surface area contributed by atoms with Crippen molar-refractivity contribution < 1.29 is 0 Å². The van der Waals surface area contributed by atoms with Gasteiger partial charge in [-0.3, -0.25) is 0 Å². The fourth-order valence-electron chi connectivity index (χ4n) is 4.15. The minimum absolute atomic E-state index is 0.411. The molecule has 0 aromatic heterocycles. The monoisotopic (exact) mass is 338 g/mol. The molecule has 1 aliphatic rings. The Hall–Kier alpha value is -2.60. The Kier molecular flexibility index (Phi) is 4.51. The summed E-state index contributed by atoms with van der Waals surface area (Å²) >= 11 is 0. The Morgan fingerprint density at radius 3 is 2.42 bits per heavy atom. The van der Waals surface area contributed by atoms with Crippen molar-refractivity contribution in [3.05, 3.63) is 112 Å². The predicted octanol–water partition coefficient (Wildman–Crippen LogP) is 6.50. The zero-order valence-corrected chi connectivity index (χ0v) is 15.8. The highest BCUT2D eigenvalue weighted by Gasteiger charge is 2.28. The van der Waals surface area contributed by atoms with Crippen LogP contribution in [0.1, 0.15) is 51.8 Å². The van der Waals surface area contributed by atoms with Gasteiger partial charge < -0.3 is 0 Å². The molecule has 1 atom stereocenters. The first-order chi connectivity index (χ1) is 12.7. The molecule has 0 spiro atoms. The summed E-state index contributed by atoms with van der Waals surface area (Å²) < 4.78 is 0. The molecule has 0 fully saturated rings. The fourth-order valence-corrected chi connectivity index (χ4v) is 4.15. The van der Waals surface area contributed by atoms with Crippen LogP contribution in [0.2, 0.25) is 0 Å². The molecule has 3 aromatic rings. The van der Waals surface area contributed by atoms with Crippen LogP contribution in [0.25, 0.3) is 5.57 Å². The average molecular weight is 338 g/mol. The van der Waals surface area contributed by atoms with Gasteiger partial charge in [0.2, 0.25) is 0 Å². The molecule has 130 valence electrons. The van der Waals surface area contributed by atoms with Crippen molar-refractivity contribution in [2.75, 3.05) is 0 Å². The first-order valence-electron chi connectivity index (χ1n) is 9.60. The highest BCUT2D eigenvalue weighted by molar-refractivity contribution is 5.78. The van der Waals surface area contributed by atoms with Crippen molar-refractivity contribution in [3.8, 4) is 0 Å². The Labute approximate surface area is 157 Å². The van der Waals surface area contributed by atoms with E-state index in [9.17, 15) is 0 Å². The lowest BCUT2D eigenvalue weighted by Crippen LogP contribution is -1.98. The molecule has 0 aliphatic heterocycles.